The molecule has 5 heteroatoms. The Balaban J connectivity index is 1.99. The highest BCUT2D eigenvalue weighted by atomic mass is 19.1. The normalized spacial score (nSPS) is 15.3. The van der Waals surface area contributed by atoms with Crippen molar-refractivity contribution in [1.82, 2.24) is 10.6 Å². The Labute approximate surface area is 125 Å². The van der Waals surface area contributed by atoms with Gasteiger partial charge in [-0.15, -0.1) is 0 Å². The van der Waals surface area contributed by atoms with Gasteiger partial charge in [-0.25, -0.2) is 9.38 Å². The first-order chi connectivity index (χ1) is 10.2. The third kappa shape index (κ3) is 4.48. The van der Waals surface area contributed by atoms with Gasteiger partial charge in [0.1, 0.15) is 0 Å². The highest BCUT2D eigenvalue weighted by molar-refractivity contribution is 5.80. The third-order valence-corrected chi connectivity index (χ3v) is 3.33. The van der Waals surface area contributed by atoms with Crippen molar-refractivity contribution < 1.29 is 9.13 Å². The quantitative estimate of drug-likeness (QED) is 0.498. The van der Waals surface area contributed by atoms with E-state index in [1.54, 1.807) is 6.07 Å². The van der Waals surface area contributed by atoms with Gasteiger partial charge in [0, 0.05) is 12.6 Å². The van der Waals surface area contributed by atoms with E-state index in [4.69, 9.17) is 4.74 Å². The summed E-state index contributed by atoms with van der Waals surface area (Å²) in [6, 6.07) is 5.31. The molecule has 2 N–H and O–H groups in total. The van der Waals surface area contributed by atoms with E-state index >= 15 is 0 Å². The number of rotatable bonds is 5. The number of hydrogen-bond acceptors (Lipinski definition) is 2. The summed E-state index contributed by atoms with van der Waals surface area (Å²) >= 11 is 0. The first-order valence-electron chi connectivity index (χ1n) is 7.25. The zero-order valence-corrected chi connectivity index (χ0v) is 12.5. The Morgan fingerprint density at radius 2 is 2.14 bits per heavy atom. The molecule has 0 unspecified atom stereocenters. The van der Waals surface area contributed by atoms with Gasteiger partial charge in [-0.2, -0.15) is 0 Å². The minimum atomic E-state index is -0.358. The second-order valence-corrected chi connectivity index (χ2v) is 4.95. The van der Waals surface area contributed by atoms with Crippen LogP contribution in [0.15, 0.2) is 35.3 Å². The molecule has 4 nitrogen and oxygen atoms in total. The molecule has 2 rings (SSSR count). The molecule has 0 bridgehead atoms. The molecule has 0 saturated carbocycles. The van der Waals surface area contributed by atoms with Gasteiger partial charge in [-0.3, -0.25) is 0 Å². The van der Waals surface area contributed by atoms with Crippen molar-refractivity contribution in [3.8, 4) is 5.75 Å². The lowest BCUT2D eigenvalue weighted by molar-refractivity contribution is 0.386. The summed E-state index contributed by atoms with van der Waals surface area (Å²) < 4.78 is 18.5. The smallest absolute Gasteiger partial charge is 0.191 e. The standard InChI is InChI=1S/C16H22FN3O/c1-3-18-16(20-13-6-4-5-7-13)19-11-12-8-9-15(21-2)14(17)10-12/h4-5,8-10,13H,3,6-7,11H2,1-2H3,(H2,18,19,20). The van der Waals surface area contributed by atoms with Gasteiger partial charge in [-0.1, -0.05) is 18.2 Å². The van der Waals surface area contributed by atoms with E-state index in [1.165, 1.54) is 13.2 Å². The molecule has 0 amide bonds. The molecule has 0 saturated heterocycles. The van der Waals surface area contributed by atoms with Crippen LogP contribution >= 0.6 is 0 Å². The molecule has 1 aliphatic rings. The van der Waals surface area contributed by atoms with E-state index in [0.717, 1.165) is 30.9 Å². The lowest BCUT2D eigenvalue weighted by Crippen LogP contribution is -2.42. The van der Waals surface area contributed by atoms with Crippen molar-refractivity contribution in [2.24, 2.45) is 4.99 Å². The lowest BCUT2D eigenvalue weighted by atomic mass is 10.2. The highest BCUT2D eigenvalue weighted by Crippen LogP contribution is 2.18. The molecule has 1 aliphatic carbocycles. The number of nitrogens with zero attached hydrogens (tertiary/aromatic N) is 1. The van der Waals surface area contributed by atoms with E-state index in [-0.39, 0.29) is 11.6 Å². The summed E-state index contributed by atoms with van der Waals surface area (Å²) in [5.41, 5.74) is 0.815. The topological polar surface area (TPSA) is 45.7 Å². The molecule has 0 radical (unpaired) electrons. The number of halogens is 1. The van der Waals surface area contributed by atoms with Gasteiger partial charge in [0.05, 0.1) is 13.7 Å². The maximum absolute atomic E-state index is 13.6. The second kappa shape index (κ2) is 7.67. The van der Waals surface area contributed by atoms with Crippen molar-refractivity contribution in [2.45, 2.75) is 32.4 Å². The molecule has 0 atom stereocenters. The fourth-order valence-electron chi connectivity index (χ4n) is 2.23. The van der Waals surface area contributed by atoms with Crippen LogP contribution in [-0.2, 0) is 6.54 Å². The van der Waals surface area contributed by atoms with Crippen molar-refractivity contribution in [1.29, 1.82) is 0 Å². The van der Waals surface area contributed by atoms with Crippen molar-refractivity contribution in [3.05, 3.63) is 41.7 Å². The number of aliphatic imine (C=N–C) groups is 1. The summed E-state index contributed by atoms with van der Waals surface area (Å²) in [4.78, 5) is 4.50. The Kier molecular flexibility index (Phi) is 5.60. The van der Waals surface area contributed by atoms with Crippen LogP contribution in [0.4, 0.5) is 4.39 Å². The van der Waals surface area contributed by atoms with Gasteiger partial charge in [-0.05, 0) is 37.5 Å². The fraction of sp³-hybridized carbons (Fsp3) is 0.438. The van der Waals surface area contributed by atoms with Gasteiger partial charge in [0.25, 0.3) is 0 Å². The minimum absolute atomic E-state index is 0.254. The van der Waals surface area contributed by atoms with E-state index in [0.29, 0.717) is 12.6 Å². The number of methoxy groups -OCH3 is 1. The van der Waals surface area contributed by atoms with Crippen LogP contribution in [0, 0.1) is 5.82 Å². The Bertz CT molecular complexity index is 520. The Morgan fingerprint density at radius 3 is 2.76 bits per heavy atom. The number of hydrogen-bond donors (Lipinski definition) is 2. The third-order valence-electron chi connectivity index (χ3n) is 3.33. The summed E-state index contributed by atoms with van der Waals surface area (Å²) in [6.45, 7) is 3.25. The molecule has 21 heavy (non-hydrogen) atoms. The monoisotopic (exact) mass is 291 g/mol. The lowest BCUT2D eigenvalue weighted by Gasteiger charge is -2.16. The zero-order valence-electron chi connectivity index (χ0n) is 12.5. The average molecular weight is 291 g/mol. The molecule has 114 valence electrons. The molecule has 0 aliphatic heterocycles. The van der Waals surface area contributed by atoms with Gasteiger partial charge >= 0.3 is 0 Å². The van der Waals surface area contributed by atoms with Gasteiger partial charge in [0.15, 0.2) is 17.5 Å². The maximum atomic E-state index is 13.6. The molecular weight excluding hydrogens is 269 g/mol. The van der Waals surface area contributed by atoms with Crippen molar-refractivity contribution in [2.75, 3.05) is 13.7 Å². The molecule has 1 aromatic rings. The average Bonchev–Trinajstić information content (AvgIpc) is 2.98. The predicted molar refractivity (Wildman–Crippen MR) is 83.1 cm³/mol. The number of ether oxygens (including phenoxy) is 1. The van der Waals surface area contributed by atoms with Crippen LogP contribution in [0.1, 0.15) is 25.3 Å². The predicted octanol–water partition coefficient (Wildman–Crippen LogP) is 2.61. The Hall–Kier alpha value is -2.04. The first-order valence-corrected chi connectivity index (χ1v) is 7.25. The minimum Gasteiger partial charge on any atom is -0.494 e. The molecule has 1 aromatic carbocycles. The molecule has 0 fully saturated rings. The largest absolute Gasteiger partial charge is 0.494 e. The summed E-state index contributed by atoms with van der Waals surface area (Å²) in [6.07, 6.45) is 6.36. The van der Waals surface area contributed by atoms with E-state index < -0.39 is 0 Å². The molecule has 0 spiro atoms. The summed E-state index contributed by atoms with van der Waals surface area (Å²) in [5.74, 6) is 0.662. The first kappa shape index (κ1) is 15.4. The van der Waals surface area contributed by atoms with Crippen molar-refractivity contribution >= 4 is 5.96 Å². The highest BCUT2D eigenvalue weighted by Gasteiger charge is 2.11. The summed E-state index contributed by atoms with van der Waals surface area (Å²) in [5, 5.41) is 6.59. The van der Waals surface area contributed by atoms with Crippen molar-refractivity contribution in [3.63, 3.8) is 0 Å². The fourth-order valence-corrected chi connectivity index (χ4v) is 2.23. The van der Waals surface area contributed by atoms with Crippen LogP contribution < -0.4 is 15.4 Å². The van der Waals surface area contributed by atoms with Crippen LogP contribution in [-0.4, -0.2) is 25.7 Å². The maximum Gasteiger partial charge on any atom is 0.191 e. The summed E-state index contributed by atoms with van der Waals surface area (Å²) in [7, 11) is 1.46. The number of guanidine groups is 1. The second-order valence-electron chi connectivity index (χ2n) is 4.95. The van der Waals surface area contributed by atoms with Crippen LogP contribution in [0.3, 0.4) is 0 Å². The molecular formula is C16H22FN3O. The van der Waals surface area contributed by atoms with E-state index in [1.807, 2.05) is 13.0 Å². The van der Waals surface area contributed by atoms with E-state index in [2.05, 4.69) is 27.8 Å². The number of benzene rings is 1. The zero-order chi connectivity index (χ0) is 15.1. The van der Waals surface area contributed by atoms with Crippen LogP contribution in [0.2, 0.25) is 0 Å². The molecule has 0 aromatic heterocycles. The van der Waals surface area contributed by atoms with Gasteiger partial charge in [0.2, 0.25) is 0 Å². The van der Waals surface area contributed by atoms with Gasteiger partial charge < -0.3 is 15.4 Å². The number of nitrogens with one attached hydrogen (secondary N) is 2. The molecule has 0 heterocycles. The Morgan fingerprint density at radius 1 is 1.38 bits per heavy atom. The van der Waals surface area contributed by atoms with Crippen LogP contribution in [0.5, 0.6) is 5.75 Å². The SMILES string of the molecule is CCNC(=NCc1ccc(OC)c(F)c1)NC1CC=CC1. The van der Waals surface area contributed by atoms with E-state index in [9.17, 15) is 4.39 Å². The van der Waals surface area contributed by atoms with Crippen LogP contribution in [0.25, 0.3) is 0 Å².